The van der Waals surface area contributed by atoms with Crippen molar-refractivity contribution in [2.75, 3.05) is 0 Å². The first-order valence-corrected chi connectivity index (χ1v) is 5.74. The summed E-state index contributed by atoms with van der Waals surface area (Å²) in [6.45, 7) is 0. The molecule has 96 valence electrons. The third kappa shape index (κ3) is 3.08. The fraction of sp³-hybridized carbons (Fsp3) is 0. The summed E-state index contributed by atoms with van der Waals surface area (Å²) in [4.78, 5) is 38.5. The van der Waals surface area contributed by atoms with E-state index in [1.165, 1.54) is 0 Å². The van der Waals surface area contributed by atoms with Crippen LogP contribution in [0.5, 0.6) is 0 Å². The number of allylic oxidation sites excluding steroid dienone is 1. The Morgan fingerprint density at radius 1 is 1.16 bits per heavy atom. The second kappa shape index (κ2) is 5.49. The van der Waals surface area contributed by atoms with Gasteiger partial charge in [0.15, 0.2) is 5.78 Å². The van der Waals surface area contributed by atoms with Crippen molar-refractivity contribution in [3.8, 4) is 0 Å². The van der Waals surface area contributed by atoms with Crippen LogP contribution in [-0.4, -0.2) is 15.8 Å². The number of halogens is 1. The fourth-order valence-corrected chi connectivity index (χ4v) is 1.71. The lowest BCUT2D eigenvalue weighted by atomic mass is 10.1. The quantitative estimate of drug-likeness (QED) is 0.659. The highest BCUT2D eigenvalue weighted by Crippen LogP contribution is 2.15. The first kappa shape index (κ1) is 13.0. The molecule has 0 aliphatic carbocycles. The Bertz CT molecular complexity index is 744. The largest absolute Gasteiger partial charge is 0.325 e. The molecule has 0 aliphatic rings. The van der Waals surface area contributed by atoms with Gasteiger partial charge in [-0.3, -0.25) is 14.6 Å². The number of H-pyrrole nitrogens is 2. The maximum atomic E-state index is 11.9. The first-order chi connectivity index (χ1) is 9.08. The van der Waals surface area contributed by atoms with E-state index in [0.717, 1.165) is 12.3 Å². The number of benzene rings is 1. The van der Waals surface area contributed by atoms with Gasteiger partial charge in [0.2, 0.25) is 0 Å². The van der Waals surface area contributed by atoms with Crippen LogP contribution in [0.4, 0.5) is 0 Å². The van der Waals surface area contributed by atoms with E-state index in [2.05, 4.69) is 4.98 Å². The predicted octanol–water partition coefficient (Wildman–Crippen LogP) is 1.53. The number of carbonyl (C=O) groups excluding carboxylic acids is 1. The van der Waals surface area contributed by atoms with Crippen molar-refractivity contribution in [2.45, 2.75) is 0 Å². The minimum absolute atomic E-state index is 0.0329. The van der Waals surface area contributed by atoms with Crippen LogP contribution < -0.4 is 11.2 Å². The van der Waals surface area contributed by atoms with Crippen molar-refractivity contribution in [3.05, 3.63) is 74.6 Å². The van der Waals surface area contributed by atoms with E-state index in [9.17, 15) is 14.4 Å². The summed E-state index contributed by atoms with van der Waals surface area (Å²) in [7, 11) is 0. The summed E-state index contributed by atoms with van der Waals surface area (Å²) in [6, 6.07) is 8.51. The van der Waals surface area contributed by atoms with Crippen molar-refractivity contribution >= 4 is 22.4 Å². The summed E-state index contributed by atoms with van der Waals surface area (Å²) in [5, 5.41) is -0.0358. The number of carbonyl (C=O) groups is 1. The molecule has 0 unspecified atom stereocenters. The summed E-state index contributed by atoms with van der Waals surface area (Å²) < 4.78 is 0. The molecule has 5 nitrogen and oxygen atoms in total. The lowest BCUT2D eigenvalue weighted by molar-refractivity contribution is 0.104. The molecule has 0 amide bonds. The van der Waals surface area contributed by atoms with Gasteiger partial charge in [-0.15, -0.1) is 0 Å². The summed E-state index contributed by atoms with van der Waals surface area (Å²) in [5.41, 5.74) is -0.787. The topological polar surface area (TPSA) is 82.8 Å². The number of hydrogen-bond acceptors (Lipinski definition) is 3. The van der Waals surface area contributed by atoms with Crippen molar-refractivity contribution in [1.29, 1.82) is 0 Å². The van der Waals surface area contributed by atoms with E-state index in [4.69, 9.17) is 11.6 Å². The van der Waals surface area contributed by atoms with Crippen LogP contribution in [0.3, 0.4) is 0 Å². The van der Waals surface area contributed by atoms with E-state index in [1.54, 1.807) is 30.3 Å². The third-order valence-electron chi connectivity index (χ3n) is 2.39. The average Bonchev–Trinajstić information content (AvgIpc) is 2.39. The van der Waals surface area contributed by atoms with Crippen LogP contribution >= 0.6 is 11.6 Å². The van der Waals surface area contributed by atoms with E-state index in [-0.39, 0.29) is 16.4 Å². The highest BCUT2D eigenvalue weighted by atomic mass is 35.5. The Morgan fingerprint density at radius 3 is 2.47 bits per heavy atom. The van der Waals surface area contributed by atoms with Crippen molar-refractivity contribution < 1.29 is 4.79 Å². The molecule has 0 saturated carbocycles. The Morgan fingerprint density at radius 2 is 1.84 bits per heavy atom. The first-order valence-electron chi connectivity index (χ1n) is 5.37. The van der Waals surface area contributed by atoms with Gasteiger partial charge in [-0.05, 0) is 0 Å². The van der Waals surface area contributed by atoms with Gasteiger partial charge in [-0.25, -0.2) is 4.79 Å². The van der Waals surface area contributed by atoms with Gasteiger partial charge in [0.25, 0.3) is 5.56 Å². The standard InChI is InChI=1S/C13H9ClN2O3/c14-10(9-7-15-13(19)16-12(9)18)6-11(17)8-4-2-1-3-5-8/h1-7H,(H2,15,16,18,19)/b10-6+. The average molecular weight is 277 g/mol. The number of rotatable bonds is 3. The molecule has 1 heterocycles. The Hall–Kier alpha value is -2.40. The molecule has 19 heavy (non-hydrogen) atoms. The Balaban J connectivity index is 2.36. The molecule has 0 atom stereocenters. The molecule has 0 aliphatic heterocycles. The van der Waals surface area contributed by atoms with E-state index < -0.39 is 11.2 Å². The molecule has 6 heteroatoms. The molecule has 1 aromatic heterocycles. The third-order valence-corrected chi connectivity index (χ3v) is 2.71. The molecular formula is C13H9ClN2O3. The number of aromatic amines is 2. The van der Waals surface area contributed by atoms with Crippen LogP contribution in [0.15, 0.2) is 52.2 Å². The number of hydrogen-bond donors (Lipinski definition) is 2. The van der Waals surface area contributed by atoms with Gasteiger partial charge in [0.1, 0.15) is 0 Å². The molecular weight excluding hydrogens is 268 g/mol. The van der Waals surface area contributed by atoms with E-state index >= 15 is 0 Å². The van der Waals surface area contributed by atoms with Gasteiger partial charge in [0, 0.05) is 17.8 Å². The maximum absolute atomic E-state index is 11.9. The van der Waals surface area contributed by atoms with Crippen LogP contribution in [0, 0.1) is 0 Å². The zero-order valence-electron chi connectivity index (χ0n) is 9.64. The molecule has 2 aromatic rings. The van der Waals surface area contributed by atoms with Gasteiger partial charge in [-0.2, -0.15) is 0 Å². The maximum Gasteiger partial charge on any atom is 0.325 e. The zero-order chi connectivity index (χ0) is 13.8. The molecule has 0 fully saturated rings. The normalized spacial score (nSPS) is 11.3. The van der Waals surface area contributed by atoms with E-state index in [0.29, 0.717) is 5.56 Å². The van der Waals surface area contributed by atoms with Crippen LogP contribution in [0.2, 0.25) is 0 Å². The molecule has 0 saturated heterocycles. The Labute approximate surface area is 112 Å². The van der Waals surface area contributed by atoms with Gasteiger partial charge in [0.05, 0.1) is 10.6 Å². The predicted molar refractivity (Wildman–Crippen MR) is 72.3 cm³/mol. The molecule has 0 spiro atoms. The van der Waals surface area contributed by atoms with Crippen LogP contribution in [-0.2, 0) is 0 Å². The molecule has 2 N–H and O–H groups in total. The van der Waals surface area contributed by atoms with Crippen LogP contribution in [0.25, 0.3) is 5.03 Å². The summed E-state index contributed by atoms with van der Waals surface area (Å²) >= 11 is 5.91. The summed E-state index contributed by atoms with van der Waals surface area (Å²) in [5.74, 6) is -0.323. The van der Waals surface area contributed by atoms with Gasteiger partial charge < -0.3 is 4.98 Å². The lowest BCUT2D eigenvalue weighted by Crippen LogP contribution is -2.23. The monoisotopic (exact) mass is 276 g/mol. The smallest absolute Gasteiger partial charge is 0.313 e. The minimum atomic E-state index is -0.647. The lowest BCUT2D eigenvalue weighted by Gasteiger charge is -1.98. The van der Waals surface area contributed by atoms with Crippen molar-refractivity contribution in [2.24, 2.45) is 0 Å². The second-order valence-electron chi connectivity index (χ2n) is 3.71. The zero-order valence-corrected chi connectivity index (χ0v) is 10.4. The summed E-state index contributed by atoms with van der Waals surface area (Å²) in [6.07, 6.45) is 2.30. The van der Waals surface area contributed by atoms with Gasteiger partial charge in [-0.1, -0.05) is 41.9 Å². The highest BCUT2D eigenvalue weighted by molar-refractivity contribution is 6.50. The van der Waals surface area contributed by atoms with E-state index in [1.807, 2.05) is 4.98 Å². The fourth-order valence-electron chi connectivity index (χ4n) is 1.47. The van der Waals surface area contributed by atoms with Crippen LogP contribution in [0.1, 0.15) is 15.9 Å². The molecule has 2 rings (SSSR count). The van der Waals surface area contributed by atoms with Crippen molar-refractivity contribution in [1.82, 2.24) is 9.97 Å². The SMILES string of the molecule is O=C(/C=C(/Cl)c1c[nH]c(=O)[nH]c1=O)c1ccccc1. The highest BCUT2D eigenvalue weighted by Gasteiger charge is 2.08. The molecule has 0 bridgehead atoms. The number of aromatic nitrogens is 2. The minimum Gasteiger partial charge on any atom is -0.313 e. The number of ketones is 1. The van der Waals surface area contributed by atoms with Crippen molar-refractivity contribution in [3.63, 3.8) is 0 Å². The molecule has 1 aromatic carbocycles. The molecule has 0 radical (unpaired) electrons. The van der Waals surface area contributed by atoms with Gasteiger partial charge >= 0.3 is 5.69 Å². The second-order valence-corrected chi connectivity index (χ2v) is 4.12. The Kier molecular flexibility index (Phi) is 3.77. The number of nitrogens with one attached hydrogen (secondary N) is 2.